The van der Waals surface area contributed by atoms with E-state index in [1.807, 2.05) is 12.1 Å². The van der Waals surface area contributed by atoms with Crippen molar-refractivity contribution in [1.82, 2.24) is 4.98 Å². The highest BCUT2D eigenvalue weighted by Gasteiger charge is 2.56. The van der Waals surface area contributed by atoms with Crippen molar-refractivity contribution in [2.45, 2.75) is 19.5 Å². The molecule has 0 aliphatic carbocycles. The van der Waals surface area contributed by atoms with Gasteiger partial charge in [0, 0.05) is 10.8 Å². The molecule has 2 aromatic carbocycles. The minimum atomic E-state index is -4.72. The zero-order chi connectivity index (χ0) is 18.1. The fourth-order valence-electron chi connectivity index (χ4n) is 2.80. The molecule has 3 rings (SSSR count). The van der Waals surface area contributed by atoms with Crippen LogP contribution in [0.4, 0.5) is 8.78 Å². The van der Waals surface area contributed by atoms with Gasteiger partial charge in [0.1, 0.15) is 5.69 Å². The second-order valence-corrected chi connectivity index (χ2v) is 7.47. The number of hydrogen-bond donors (Lipinski definition) is 0. The van der Waals surface area contributed by atoms with Crippen molar-refractivity contribution in [1.29, 1.82) is 0 Å². The van der Waals surface area contributed by atoms with Crippen LogP contribution in [-0.2, 0) is 19.3 Å². The summed E-state index contributed by atoms with van der Waals surface area (Å²) in [7, 11) is -4.72. The molecule has 0 N–H and O–H groups in total. The Balaban J connectivity index is 2.34. The molecule has 0 atom stereocenters. The van der Waals surface area contributed by atoms with Gasteiger partial charge in [-0.15, -0.1) is 0 Å². The van der Waals surface area contributed by atoms with Gasteiger partial charge in [-0.25, -0.2) is 4.98 Å². The Morgan fingerprint density at radius 1 is 0.920 bits per heavy atom. The first-order chi connectivity index (χ1) is 11.9. The largest absolute Gasteiger partial charge is 0.406 e. The van der Waals surface area contributed by atoms with Gasteiger partial charge in [0.05, 0.1) is 18.7 Å². The summed E-state index contributed by atoms with van der Waals surface area (Å²) in [5, 5.41) is 1.59. The number of para-hydroxylation sites is 1. The molecule has 0 amide bonds. The summed E-state index contributed by atoms with van der Waals surface area (Å²) in [6, 6.07) is 13.7. The Morgan fingerprint density at radius 2 is 1.44 bits per heavy atom. The maximum Gasteiger partial charge on any atom is 0.406 e. The number of fused-ring (bicyclic) bond motifs is 3. The normalized spacial score (nSPS) is 12.8. The Kier molecular flexibility index (Phi) is 4.87. The lowest BCUT2D eigenvalue weighted by molar-refractivity contribution is 0.0340. The van der Waals surface area contributed by atoms with Gasteiger partial charge in [-0.3, -0.25) is 4.57 Å². The van der Waals surface area contributed by atoms with Gasteiger partial charge in [0.25, 0.3) is 0 Å². The molecule has 1 heterocycles. The Labute approximate surface area is 144 Å². The molecular weight excluding hydrogens is 347 g/mol. The number of rotatable bonds is 6. The van der Waals surface area contributed by atoms with Crippen molar-refractivity contribution >= 4 is 29.3 Å². The molecule has 1 aromatic heterocycles. The van der Waals surface area contributed by atoms with Crippen LogP contribution in [-0.4, -0.2) is 18.2 Å². The highest BCUT2D eigenvalue weighted by molar-refractivity contribution is 7.54. The lowest BCUT2D eigenvalue weighted by Crippen LogP contribution is -2.20. The first-order valence-corrected chi connectivity index (χ1v) is 9.54. The number of aromatic nitrogens is 1. The highest BCUT2D eigenvalue weighted by Crippen LogP contribution is 2.67. The minimum Gasteiger partial charge on any atom is -0.304 e. The molecule has 0 bridgehead atoms. The van der Waals surface area contributed by atoms with Crippen molar-refractivity contribution in [3.8, 4) is 0 Å². The minimum absolute atomic E-state index is 0.154. The molecule has 25 heavy (non-hydrogen) atoms. The molecule has 0 aliphatic heterocycles. The van der Waals surface area contributed by atoms with Crippen molar-refractivity contribution in [3.05, 3.63) is 54.2 Å². The third kappa shape index (κ3) is 2.95. The Hall–Kier alpha value is -1.88. The van der Waals surface area contributed by atoms with Gasteiger partial charge in [-0.05, 0) is 25.3 Å². The summed E-state index contributed by atoms with van der Waals surface area (Å²) in [6.07, 6.45) is 0. The maximum absolute atomic E-state index is 15.3. The number of nitrogens with zero attached hydrogens (tertiary/aromatic N) is 1. The quantitative estimate of drug-likeness (QED) is 0.415. The van der Waals surface area contributed by atoms with E-state index in [9.17, 15) is 4.57 Å². The Bertz CT molecular complexity index is 951. The Morgan fingerprint density at radius 3 is 2.04 bits per heavy atom. The highest BCUT2D eigenvalue weighted by atomic mass is 31.2. The van der Waals surface area contributed by atoms with Crippen LogP contribution in [0.3, 0.4) is 0 Å². The fraction of sp³-hybridized carbons (Fsp3) is 0.278. The average Bonchev–Trinajstić information content (AvgIpc) is 2.61. The van der Waals surface area contributed by atoms with E-state index < -0.39 is 19.0 Å². The number of alkyl halides is 2. The summed E-state index contributed by atoms with van der Waals surface area (Å²) in [5.74, 6) is 0. The zero-order valence-electron chi connectivity index (χ0n) is 13.9. The third-order valence-corrected chi connectivity index (χ3v) is 5.93. The zero-order valence-corrected chi connectivity index (χ0v) is 14.8. The standard InChI is InChI=1S/C18H18F2NO3P/c1-3-23-25(22,24-4-2)18(19,20)17-15-11-6-5-9-13(15)14-10-7-8-12-16(14)21-17/h5-12H,3-4H2,1-2H3. The van der Waals surface area contributed by atoms with Crippen LogP contribution in [0.1, 0.15) is 19.5 Å². The van der Waals surface area contributed by atoms with E-state index in [-0.39, 0.29) is 18.6 Å². The van der Waals surface area contributed by atoms with E-state index in [0.29, 0.717) is 10.9 Å². The predicted octanol–water partition coefficient (Wildman–Crippen LogP) is 5.70. The molecule has 132 valence electrons. The van der Waals surface area contributed by atoms with Crippen LogP contribution in [0.2, 0.25) is 0 Å². The summed E-state index contributed by atoms with van der Waals surface area (Å²) < 4.78 is 53.1. The molecular formula is C18H18F2NO3P. The van der Waals surface area contributed by atoms with Crippen LogP contribution in [0.15, 0.2) is 48.5 Å². The number of pyridine rings is 1. The molecule has 0 aliphatic rings. The van der Waals surface area contributed by atoms with Gasteiger partial charge in [0.15, 0.2) is 0 Å². The molecule has 0 fully saturated rings. The van der Waals surface area contributed by atoms with E-state index >= 15 is 8.78 Å². The fourth-order valence-corrected chi connectivity index (χ4v) is 4.31. The smallest absolute Gasteiger partial charge is 0.304 e. The molecule has 0 saturated heterocycles. The summed E-state index contributed by atoms with van der Waals surface area (Å²) >= 11 is 0. The van der Waals surface area contributed by atoms with E-state index in [1.165, 1.54) is 13.8 Å². The molecule has 0 saturated carbocycles. The number of halogens is 2. The first kappa shape index (κ1) is 17.9. The van der Waals surface area contributed by atoms with Crippen LogP contribution in [0.5, 0.6) is 0 Å². The lowest BCUT2D eigenvalue weighted by atomic mass is 10.0. The number of benzene rings is 2. The molecule has 0 unspecified atom stereocenters. The van der Waals surface area contributed by atoms with Crippen LogP contribution in [0, 0.1) is 0 Å². The summed E-state index contributed by atoms with van der Waals surface area (Å²) in [5.41, 5.74) is -4.06. The summed E-state index contributed by atoms with van der Waals surface area (Å²) in [6.45, 7) is 2.68. The summed E-state index contributed by atoms with van der Waals surface area (Å²) in [4.78, 5) is 4.12. The van der Waals surface area contributed by atoms with E-state index in [1.54, 1.807) is 36.4 Å². The predicted molar refractivity (Wildman–Crippen MR) is 94.0 cm³/mol. The van der Waals surface area contributed by atoms with Gasteiger partial charge >= 0.3 is 13.3 Å². The van der Waals surface area contributed by atoms with Gasteiger partial charge in [0.2, 0.25) is 0 Å². The van der Waals surface area contributed by atoms with Crippen molar-refractivity contribution in [2.24, 2.45) is 0 Å². The molecule has 3 aromatic rings. The van der Waals surface area contributed by atoms with E-state index in [4.69, 9.17) is 9.05 Å². The third-order valence-electron chi connectivity index (χ3n) is 3.84. The molecule has 4 nitrogen and oxygen atoms in total. The van der Waals surface area contributed by atoms with Gasteiger partial charge in [-0.2, -0.15) is 8.78 Å². The monoisotopic (exact) mass is 365 g/mol. The topological polar surface area (TPSA) is 48.4 Å². The second-order valence-electron chi connectivity index (χ2n) is 5.40. The second kappa shape index (κ2) is 6.79. The number of hydrogen-bond acceptors (Lipinski definition) is 4. The van der Waals surface area contributed by atoms with Crippen molar-refractivity contribution in [2.75, 3.05) is 13.2 Å². The van der Waals surface area contributed by atoms with Crippen LogP contribution < -0.4 is 0 Å². The molecule has 7 heteroatoms. The lowest BCUT2D eigenvalue weighted by Gasteiger charge is -2.26. The van der Waals surface area contributed by atoms with Gasteiger partial charge < -0.3 is 9.05 Å². The van der Waals surface area contributed by atoms with Crippen molar-refractivity contribution < 1.29 is 22.4 Å². The SMILES string of the molecule is CCOP(=O)(OCC)C(F)(F)c1nc2ccccc2c2ccccc12. The molecule has 0 spiro atoms. The van der Waals surface area contributed by atoms with E-state index in [0.717, 1.165) is 5.39 Å². The van der Waals surface area contributed by atoms with Crippen molar-refractivity contribution in [3.63, 3.8) is 0 Å². The van der Waals surface area contributed by atoms with E-state index in [2.05, 4.69) is 4.98 Å². The van der Waals surface area contributed by atoms with Crippen LogP contribution in [0.25, 0.3) is 21.7 Å². The first-order valence-electron chi connectivity index (χ1n) is 7.99. The average molecular weight is 365 g/mol. The molecule has 0 radical (unpaired) electrons. The van der Waals surface area contributed by atoms with Crippen LogP contribution >= 0.6 is 7.60 Å². The maximum atomic E-state index is 15.3. The van der Waals surface area contributed by atoms with Gasteiger partial charge in [-0.1, -0.05) is 42.5 Å².